The molecule has 1 saturated heterocycles. The molecule has 1 rings (SSSR count). The Morgan fingerprint density at radius 1 is 1.13 bits per heavy atom. The molecule has 0 aromatic rings. The molecule has 0 spiro atoms. The average molecular weight is 242 g/mol. The Labute approximate surface area is 92.6 Å². The van der Waals surface area contributed by atoms with E-state index >= 15 is 0 Å². The highest BCUT2D eigenvalue weighted by Gasteiger charge is 2.25. The predicted molar refractivity (Wildman–Crippen MR) is 57.3 cm³/mol. The lowest BCUT2D eigenvalue weighted by Gasteiger charge is -2.26. The summed E-state index contributed by atoms with van der Waals surface area (Å²) < 4.78 is 35.4. The minimum atomic E-state index is -4.03. The molecule has 0 atom stereocenters. The third-order valence-electron chi connectivity index (χ3n) is 2.29. The van der Waals surface area contributed by atoms with Gasteiger partial charge in [-0.05, 0) is 0 Å². The molecule has 1 N–H and O–H groups in total. The average Bonchev–Trinajstić information content (AvgIpc) is 2.17. The van der Waals surface area contributed by atoms with E-state index in [1.54, 1.807) is 0 Å². The van der Waals surface area contributed by atoms with E-state index < -0.39 is 12.6 Å². The molecule has 15 heavy (non-hydrogen) atoms. The van der Waals surface area contributed by atoms with E-state index in [1.807, 2.05) is 11.8 Å². The molecular weight excluding hydrogens is 225 g/mol. The molecule has 6 heteroatoms. The van der Waals surface area contributed by atoms with Gasteiger partial charge in [-0.1, -0.05) is 0 Å². The summed E-state index contributed by atoms with van der Waals surface area (Å²) >= 11 is 1.93. The minimum absolute atomic E-state index is 0.0338. The largest absolute Gasteiger partial charge is 0.390 e. The predicted octanol–water partition coefficient (Wildman–Crippen LogP) is 1.58. The molecule has 0 aliphatic carbocycles. The number of alkyl halides is 3. The zero-order valence-corrected chi connectivity index (χ0v) is 9.46. The number of thioether (sulfide) groups is 1. The molecule has 0 unspecified atom stereocenters. The van der Waals surface area contributed by atoms with Crippen LogP contribution in [-0.4, -0.2) is 55.3 Å². The van der Waals surface area contributed by atoms with Crippen molar-refractivity contribution in [3.8, 4) is 0 Å². The molecule has 90 valence electrons. The lowest BCUT2D eigenvalue weighted by atomic mass is 10.4. The zero-order valence-electron chi connectivity index (χ0n) is 8.65. The lowest BCUT2D eigenvalue weighted by Crippen LogP contribution is -2.38. The number of nitrogens with one attached hydrogen (secondary N) is 1. The van der Waals surface area contributed by atoms with Gasteiger partial charge in [0.2, 0.25) is 0 Å². The monoisotopic (exact) mass is 242 g/mol. The van der Waals surface area contributed by atoms with Crippen LogP contribution >= 0.6 is 11.8 Å². The lowest BCUT2D eigenvalue weighted by molar-refractivity contribution is -0.133. The van der Waals surface area contributed by atoms with Crippen LogP contribution in [0, 0.1) is 0 Å². The number of hydrogen-bond acceptors (Lipinski definition) is 3. The second-order valence-corrected chi connectivity index (χ2v) is 4.79. The second kappa shape index (κ2) is 6.60. The maximum atomic E-state index is 11.8. The van der Waals surface area contributed by atoms with Crippen LogP contribution < -0.4 is 5.32 Å². The third kappa shape index (κ3) is 7.03. The molecule has 0 saturated carbocycles. The van der Waals surface area contributed by atoms with Gasteiger partial charge in [0.25, 0.3) is 0 Å². The molecule has 0 aromatic carbocycles. The van der Waals surface area contributed by atoms with Crippen molar-refractivity contribution in [2.45, 2.75) is 12.6 Å². The van der Waals surface area contributed by atoms with E-state index in [9.17, 15) is 13.2 Å². The van der Waals surface area contributed by atoms with Crippen molar-refractivity contribution in [1.82, 2.24) is 10.2 Å². The van der Waals surface area contributed by atoms with Gasteiger partial charge in [0.15, 0.2) is 0 Å². The summed E-state index contributed by atoms with van der Waals surface area (Å²) in [6.07, 6.45) is -4.77. The molecular formula is C9H17F3N2S. The van der Waals surface area contributed by atoms with Crippen molar-refractivity contribution < 1.29 is 13.2 Å². The summed E-state index contributed by atoms with van der Waals surface area (Å²) in [7, 11) is 0. The zero-order chi connectivity index (χ0) is 11.1. The molecule has 0 bridgehead atoms. The maximum Gasteiger partial charge on any atom is 0.390 e. The van der Waals surface area contributed by atoms with Gasteiger partial charge in [-0.25, -0.2) is 0 Å². The first kappa shape index (κ1) is 13.1. The molecule has 0 amide bonds. The first-order valence-corrected chi connectivity index (χ1v) is 6.31. The van der Waals surface area contributed by atoms with Gasteiger partial charge in [-0.15, -0.1) is 0 Å². The number of halogens is 3. The fourth-order valence-corrected chi connectivity index (χ4v) is 2.40. The van der Waals surface area contributed by atoms with E-state index in [2.05, 4.69) is 10.2 Å². The highest BCUT2D eigenvalue weighted by Crippen LogP contribution is 2.18. The molecule has 0 radical (unpaired) electrons. The van der Waals surface area contributed by atoms with Crippen molar-refractivity contribution in [3.63, 3.8) is 0 Å². The summed E-state index contributed by atoms with van der Waals surface area (Å²) in [6.45, 7) is 3.67. The van der Waals surface area contributed by atoms with Crippen molar-refractivity contribution in [2.75, 3.05) is 44.2 Å². The van der Waals surface area contributed by atoms with Gasteiger partial charge < -0.3 is 10.2 Å². The van der Waals surface area contributed by atoms with Crippen molar-refractivity contribution >= 4 is 11.8 Å². The summed E-state index contributed by atoms with van der Waals surface area (Å²) in [5.74, 6) is 2.28. The van der Waals surface area contributed by atoms with Gasteiger partial charge in [0, 0.05) is 44.2 Å². The van der Waals surface area contributed by atoms with Crippen LogP contribution in [0.5, 0.6) is 0 Å². The molecule has 2 nitrogen and oxygen atoms in total. The van der Waals surface area contributed by atoms with E-state index in [0.29, 0.717) is 6.54 Å². The smallest absolute Gasteiger partial charge is 0.315 e. The highest BCUT2D eigenvalue weighted by molar-refractivity contribution is 7.99. The molecule has 0 aromatic heterocycles. The van der Waals surface area contributed by atoms with Gasteiger partial charge in [0.1, 0.15) is 0 Å². The van der Waals surface area contributed by atoms with Crippen LogP contribution in [0.25, 0.3) is 0 Å². The third-order valence-corrected chi connectivity index (χ3v) is 3.24. The van der Waals surface area contributed by atoms with Gasteiger partial charge in [-0.2, -0.15) is 24.9 Å². The van der Waals surface area contributed by atoms with Crippen LogP contribution in [0.2, 0.25) is 0 Å². The maximum absolute atomic E-state index is 11.8. The quantitative estimate of drug-likeness (QED) is 0.737. The number of nitrogens with zero attached hydrogens (tertiary/aromatic N) is 1. The Morgan fingerprint density at radius 3 is 2.40 bits per heavy atom. The SMILES string of the molecule is FC(F)(F)CCNCCN1CCSCC1. The fraction of sp³-hybridized carbons (Fsp3) is 1.00. The number of hydrogen-bond donors (Lipinski definition) is 1. The van der Waals surface area contributed by atoms with Crippen LogP contribution in [0.4, 0.5) is 13.2 Å². The summed E-state index contributed by atoms with van der Waals surface area (Å²) in [5, 5.41) is 2.82. The first-order valence-electron chi connectivity index (χ1n) is 5.15. The van der Waals surface area contributed by atoms with E-state index in [4.69, 9.17) is 0 Å². The Bertz CT molecular complexity index is 169. The van der Waals surface area contributed by atoms with Crippen molar-refractivity contribution in [2.24, 2.45) is 0 Å². The molecule has 1 aliphatic heterocycles. The van der Waals surface area contributed by atoms with Crippen LogP contribution in [0.1, 0.15) is 6.42 Å². The highest BCUT2D eigenvalue weighted by atomic mass is 32.2. The molecule has 1 heterocycles. The topological polar surface area (TPSA) is 15.3 Å². The molecule has 1 aliphatic rings. The Hall–Kier alpha value is 0.0600. The van der Waals surface area contributed by atoms with Crippen LogP contribution in [0.15, 0.2) is 0 Å². The summed E-state index contributed by atoms with van der Waals surface area (Å²) in [6, 6.07) is 0. The van der Waals surface area contributed by atoms with Gasteiger partial charge in [0.05, 0.1) is 6.42 Å². The van der Waals surface area contributed by atoms with Gasteiger partial charge >= 0.3 is 6.18 Å². The summed E-state index contributed by atoms with van der Waals surface area (Å²) in [5.41, 5.74) is 0. The first-order chi connectivity index (χ1) is 7.08. The Kier molecular flexibility index (Phi) is 5.78. The summed E-state index contributed by atoms with van der Waals surface area (Å²) in [4.78, 5) is 2.29. The molecule has 1 fully saturated rings. The number of rotatable bonds is 5. The Balaban J connectivity index is 1.92. The van der Waals surface area contributed by atoms with Crippen molar-refractivity contribution in [3.05, 3.63) is 0 Å². The van der Waals surface area contributed by atoms with E-state index in [1.165, 1.54) is 0 Å². The van der Waals surface area contributed by atoms with E-state index in [0.717, 1.165) is 31.1 Å². The second-order valence-electron chi connectivity index (χ2n) is 3.57. The standard InChI is InChI=1S/C9H17F3N2S/c10-9(11,12)1-2-13-3-4-14-5-7-15-8-6-14/h13H,1-8H2. The minimum Gasteiger partial charge on any atom is -0.315 e. The normalized spacial score (nSPS) is 19.4. The van der Waals surface area contributed by atoms with Crippen LogP contribution in [0.3, 0.4) is 0 Å². The fourth-order valence-electron chi connectivity index (χ4n) is 1.42. The Morgan fingerprint density at radius 2 is 1.80 bits per heavy atom. The van der Waals surface area contributed by atoms with Gasteiger partial charge in [-0.3, -0.25) is 0 Å². The van der Waals surface area contributed by atoms with E-state index in [-0.39, 0.29) is 6.54 Å². The van der Waals surface area contributed by atoms with Crippen molar-refractivity contribution in [1.29, 1.82) is 0 Å². The van der Waals surface area contributed by atoms with Crippen LogP contribution in [-0.2, 0) is 0 Å².